The molecule has 0 unspecified atom stereocenters. The molecular formula is C24H25F3N4O4. The highest BCUT2D eigenvalue weighted by atomic mass is 19.4. The fraction of sp³-hybridized carbons (Fsp3) is 0.333. The summed E-state index contributed by atoms with van der Waals surface area (Å²) in [5, 5.41) is 18.1. The van der Waals surface area contributed by atoms with E-state index in [-0.39, 0.29) is 30.7 Å². The average Bonchev–Trinajstić information content (AvgIpc) is 3.33. The number of anilines is 1. The number of carboxylic acid groups (broad SMARTS) is 1. The highest BCUT2D eigenvalue weighted by molar-refractivity contribution is 5.94. The minimum Gasteiger partial charge on any atom is -0.481 e. The third kappa shape index (κ3) is 7.29. The smallest absolute Gasteiger partial charge is 0.471 e. The van der Waals surface area contributed by atoms with Crippen LogP contribution in [0.1, 0.15) is 60.5 Å². The Labute approximate surface area is 199 Å². The van der Waals surface area contributed by atoms with Gasteiger partial charge in [-0.05, 0) is 36.2 Å². The largest absolute Gasteiger partial charge is 0.481 e. The minimum absolute atomic E-state index is 0.0463. The van der Waals surface area contributed by atoms with Crippen molar-refractivity contribution in [3.63, 3.8) is 0 Å². The number of aromatic nitrogens is 2. The van der Waals surface area contributed by atoms with Gasteiger partial charge >= 0.3 is 18.0 Å². The molecule has 1 aromatic heterocycles. The molecule has 1 heterocycles. The van der Waals surface area contributed by atoms with E-state index in [0.29, 0.717) is 11.1 Å². The number of halogens is 3. The van der Waals surface area contributed by atoms with Gasteiger partial charge in [0.2, 0.25) is 5.82 Å². The van der Waals surface area contributed by atoms with Crippen LogP contribution in [0.4, 0.5) is 18.9 Å². The quantitative estimate of drug-likeness (QED) is 0.334. The number of carboxylic acids is 1. The second-order valence-electron chi connectivity index (χ2n) is 7.86. The Morgan fingerprint density at radius 1 is 1.09 bits per heavy atom. The molecule has 0 aliphatic heterocycles. The predicted octanol–water partition coefficient (Wildman–Crippen LogP) is 5.30. The van der Waals surface area contributed by atoms with Gasteiger partial charge in [0.05, 0.1) is 12.5 Å². The first kappa shape index (κ1) is 25.7. The summed E-state index contributed by atoms with van der Waals surface area (Å²) in [7, 11) is 0. The molecule has 0 aliphatic rings. The van der Waals surface area contributed by atoms with Gasteiger partial charge in [0.1, 0.15) is 0 Å². The van der Waals surface area contributed by atoms with Gasteiger partial charge in [-0.15, -0.1) is 0 Å². The van der Waals surface area contributed by atoms with Crippen molar-refractivity contribution in [1.29, 1.82) is 0 Å². The number of alkyl halides is 3. The number of amides is 1. The maximum atomic E-state index is 12.7. The van der Waals surface area contributed by atoms with Crippen LogP contribution < -0.4 is 10.6 Å². The van der Waals surface area contributed by atoms with Crippen molar-refractivity contribution in [3.05, 3.63) is 65.5 Å². The van der Waals surface area contributed by atoms with Gasteiger partial charge in [-0.25, -0.2) is 0 Å². The van der Waals surface area contributed by atoms with Crippen LogP contribution in [0.5, 0.6) is 0 Å². The summed E-state index contributed by atoms with van der Waals surface area (Å²) in [4.78, 5) is 26.1. The molecule has 35 heavy (non-hydrogen) atoms. The third-order valence-electron chi connectivity index (χ3n) is 5.20. The number of rotatable bonds is 11. The maximum absolute atomic E-state index is 12.7. The number of carbonyl (C=O) groups is 2. The maximum Gasteiger partial charge on any atom is 0.471 e. The molecule has 0 saturated heterocycles. The van der Waals surface area contributed by atoms with Crippen LogP contribution in [0.15, 0.2) is 53.1 Å². The van der Waals surface area contributed by atoms with Crippen molar-refractivity contribution < 1.29 is 32.4 Å². The molecule has 3 aromatic rings. The molecule has 1 amide bonds. The standard InChI is InChI=1S/C24H25F3N4O4/c1-2-3-4-19(29-18-11-9-17(10-12-18)22(34)28-14-13-20(32)33)15-5-7-16(8-6-15)21-30-23(35-31-21)24(25,26)27/h5-12,19,29H,2-4,13-14H2,1H3,(H,28,34)(H,32,33)/t19-/m0/s1. The highest BCUT2D eigenvalue weighted by Gasteiger charge is 2.38. The molecule has 186 valence electrons. The van der Waals surface area contributed by atoms with Crippen LogP contribution in [-0.2, 0) is 11.0 Å². The Hall–Kier alpha value is -3.89. The normalized spacial score (nSPS) is 12.2. The molecule has 0 saturated carbocycles. The molecule has 11 heteroatoms. The zero-order valence-corrected chi connectivity index (χ0v) is 18.9. The molecule has 3 N–H and O–H groups in total. The van der Waals surface area contributed by atoms with E-state index in [1.807, 2.05) is 0 Å². The number of nitrogens with zero attached hydrogens (tertiary/aromatic N) is 2. The number of hydrogen-bond acceptors (Lipinski definition) is 6. The zero-order valence-electron chi connectivity index (χ0n) is 18.9. The Bertz CT molecular complexity index is 1130. The van der Waals surface area contributed by atoms with Gasteiger partial charge in [0.25, 0.3) is 5.91 Å². The summed E-state index contributed by atoms with van der Waals surface area (Å²) in [6.07, 6.45) is -2.11. The van der Waals surface area contributed by atoms with Crippen LogP contribution >= 0.6 is 0 Å². The number of nitrogens with one attached hydrogen (secondary N) is 2. The first-order valence-electron chi connectivity index (χ1n) is 11.0. The highest BCUT2D eigenvalue weighted by Crippen LogP contribution is 2.30. The summed E-state index contributed by atoms with van der Waals surface area (Å²) < 4.78 is 42.5. The Morgan fingerprint density at radius 3 is 2.34 bits per heavy atom. The lowest BCUT2D eigenvalue weighted by Crippen LogP contribution is -2.25. The van der Waals surface area contributed by atoms with E-state index >= 15 is 0 Å². The fourth-order valence-electron chi connectivity index (χ4n) is 3.35. The molecule has 0 aliphatic carbocycles. The van der Waals surface area contributed by atoms with Gasteiger partial charge in [-0.2, -0.15) is 18.2 Å². The number of carbonyl (C=O) groups excluding carboxylic acids is 1. The van der Waals surface area contributed by atoms with E-state index in [1.165, 1.54) is 0 Å². The summed E-state index contributed by atoms with van der Waals surface area (Å²) >= 11 is 0. The molecule has 0 spiro atoms. The van der Waals surface area contributed by atoms with Crippen molar-refractivity contribution in [1.82, 2.24) is 15.5 Å². The van der Waals surface area contributed by atoms with Gasteiger partial charge in [0, 0.05) is 23.4 Å². The fourth-order valence-corrected chi connectivity index (χ4v) is 3.35. The van der Waals surface area contributed by atoms with Crippen molar-refractivity contribution in [3.8, 4) is 11.4 Å². The summed E-state index contributed by atoms with van der Waals surface area (Å²) in [5.41, 5.74) is 2.52. The topological polar surface area (TPSA) is 117 Å². The van der Waals surface area contributed by atoms with Gasteiger partial charge in [-0.3, -0.25) is 9.59 Å². The van der Waals surface area contributed by atoms with Crippen LogP contribution in [0.2, 0.25) is 0 Å². The lowest BCUT2D eigenvalue weighted by atomic mass is 9.99. The van der Waals surface area contributed by atoms with E-state index < -0.39 is 18.0 Å². The zero-order chi connectivity index (χ0) is 25.4. The van der Waals surface area contributed by atoms with Crippen molar-refractivity contribution >= 4 is 17.6 Å². The SMILES string of the molecule is CCCC[C@H](Nc1ccc(C(=O)NCCC(=O)O)cc1)c1ccc(-c2noc(C(F)(F)F)n2)cc1. The predicted molar refractivity (Wildman–Crippen MR) is 122 cm³/mol. The molecule has 0 radical (unpaired) electrons. The van der Waals surface area contributed by atoms with E-state index in [9.17, 15) is 22.8 Å². The van der Waals surface area contributed by atoms with E-state index in [2.05, 4.69) is 32.2 Å². The van der Waals surface area contributed by atoms with Crippen LogP contribution in [0.25, 0.3) is 11.4 Å². The lowest BCUT2D eigenvalue weighted by Gasteiger charge is -2.21. The van der Waals surface area contributed by atoms with E-state index in [1.54, 1.807) is 48.5 Å². The lowest BCUT2D eigenvalue weighted by molar-refractivity contribution is -0.159. The van der Waals surface area contributed by atoms with Crippen LogP contribution in [-0.4, -0.2) is 33.7 Å². The molecule has 1 atom stereocenters. The van der Waals surface area contributed by atoms with Crippen LogP contribution in [0, 0.1) is 0 Å². The van der Waals surface area contributed by atoms with Crippen molar-refractivity contribution in [2.45, 2.75) is 44.8 Å². The Morgan fingerprint density at radius 2 is 1.77 bits per heavy atom. The molecule has 0 fully saturated rings. The summed E-state index contributed by atoms with van der Waals surface area (Å²) in [5.74, 6) is -2.87. The van der Waals surface area contributed by atoms with E-state index in [0.717, 1.165) is 30.5 Å². The summed E-state index contributed by atoms with van der Waals surface area (Å²) in [6.45, 7) is 2.12. The van der Waals surface area contributed by atoms with Gasteiger partial charge < -0.3 is 20.3 Å². The van der Waals surface area contributed by atoms with Crippen molar-refractivity contribution in [2.24, 2.45) is 0 Å². The van der Waals surface area contributed by atoms with Crippen LogP contribution in [0.3, 0.4) is 0 Å². The Kier molecular flexibility index (Phi) is 8.45. The second kappa shape index (κ2) is 11.5. The molecule has 2 aromatic carbocycles. The molecule has 3 rings (SSSR count). The number of benzene rings is 2. The summed E-state index contributed by atoms with van der Waals surface area (Å²) in [6, 6.07) is 13.6. The number of hydrogen-bond donors (Lipinski definition) is 3. The number of unbranched alkanes of at least 4 members (excludes halogenated alkanes) is 1. The second-order valence-corrected chi connectivity index (χ2v) is 7.86. The Balaban J connectivity index is 1.69. The minimum atomic E-state index is -4.70. The molecule has 8 nitrogen and oxygen atoms in total. The first-order valence-corrected chi connectivity index (χ1v) is 11.0. The van der Waals surface area contributed by atoms with E-state index in [4.69, 9.17) is 5.11 Å². The van der Waals surface area contributed by atoms with Gasteiger partial charge in [0.15, 0.2) is 0 Å². The van der Waals surface area contributed by atoms with Crippen molar-refractivity contribution in [2.75, 3.05) is 11.9 Å². The average molecular weight is 490 g/mol. The first-order chi connectivity index (χ1) is 16.7. The third-order valence-corrected chi connectivity index (χ3v) is 5.20. The molecule has 0 bridgehead atoms. The van der Waals surface area contributed by atoms with Gasteiger partial charge in [-0.1, -0.05) is 49.2 Å². The molecular weight excluding hydrogens is 465 g/mol. The monoisotopic (exact) mass is 490 g/mol. The number of aliphatic carboxylic acids is 1.